The van der Waals surface area contributed by atoms with Gasteiger partial charge in [-0.2, -0.15) is 21.6 Å². The van der Waals surface area contributed by atoms with Gasteiger partial charge in [-0.05, 0) is 12.3 Å². The predicted molar refractivity (Wildman–Crippen MR) is 44.8 cm³/mol. The third-order valence-corrected chi connectivity index (χ3v) is 3.10. The largest absolute Gasteiger partial charge is 0.523 e. The molecule has 0 aromatic rings. The number of carboxylic acids is 1. The maximum Gasteiger partial charge on any atom is 0.523 e. The molecule has 1 saturated carbocycles. The van der Waals surface area contributed by atoms with E-state index in [0.29, 0.717) is 12.8 Å². The lowest BCUT2D eigenvalue weighted by Gasteiger charge is -2.14. The summed E-state index contributed by atoms with van der Waals surface area (Å²) in [6.07, 6.45) is -0.817. The van der Waals surface area contributed by atoms with Crippen molar-refractivity contribution in [2.75, 3.05) is 0 Å². The Morgan fingerprint density at radius 2 is 1.94 bits per heavy atom. The van der Waals surface area contributed by atoms with Gasteiger partial charge in [-0.15, -0.1) is 0 Å². The van der Waals surface area contributed by atoms with E-state index in [-0.39, 0.29) is 12.3 Å². The van der Waals surface area contributed by atoms with Gasteiger partial charge in [-0.25, -0.2) is 8.98 Å². The Bertz CT molecular complexity index is 370. The molecule has 1 aliphatic rings. The van der Waals surface area contributed by atoms with Gasteiger partial charge in [-0.1, -0.05) is 12.8 Å². The molecule has 94 valence electrons. The van der Waals surface area contributed by atoms with Crippen LogP contribution < -0.4 is 0 Å². The van der Waals surface area contributed by atoms with Crippen LogP contribution in [0.5, 0.6) is 0 Å². The minimum atomic E-state index is -5.84. The van der Waals surface area contributed by atoms with Crippen LogP contribution >= 0.6 is 0 Å². The van der Waals surface area contributed by atoms with E-state index >= 15 is 0 Å². The zero-order valence-electron chi connectivity index (χ0n) is 7.90. The maximum absolute atomic E-state index is 11.9. The average molecular weight is 262 g/mol. The van der Waals surface area contributed by atoms with Gasteiger partial charge >= 0.3 is 21.6 Å². The second kappa shape index (κ2) is 4.21. The fourth-order valence-electron chi connectivity index (χ4n) is 1.05. The molecule has 5 nitrogen and oxygen atoms in total. The number of halogens is 3. The minimum absolute atomic E-state index is 0.0652. The molecule has 1 N–H and O–H groups in total. The molecule has 0 aromatic carbocycles. The SMILES string of the molecule is O=C(O)[C@@H](CC1CC1)OS(=O)(=O)C(F)(F)F. The summed E-state index contributed by atoms with van der Waals surface area (Å²) in [5, 5.41) is 8.52. The molecule has 0 heterocycles. The van der Waals surface area contributed by atoms with E-state index in [1.54, 1.807) is 0 Å². The van der Waals surface area contributed by atoms with Crippen molar-refractivity contribution in [1.29, 1.82) is 0 Å². The molecular formula is C7H9F3O5S. The standard InChI is InChI=1S/C7H9F3O5S/c8-7(9,10)16(13,14)15-5(6(11)12)3-4-1-2-4/h4-5H,1-3H2,(H,11,12)/t5-/m1/s1. The van der Waals surface area contributed by atoms with Crippen LogP contribution in [0.15, 0.2) is 0 Å². The zero-order valence-corrected chi connectivity index (χ0v) is 8.71. The van der Waals surface area contributed by atoms with E-state index in [9.17, 15) is 26.4 Å². The summed E-state index contributed by atoms with van der Waals surface area (Å²) in [5.74, 6) is -1.77. The van der Waals surface area contributed by atoms with Crippen molar-refractivity contribution < 1.29 is 35.7 Å². The second-order valence-corrected chi connectivity index (χ2v) is 5.07. The smallest absolute Gasteiger partial charge is 0.479 e. The van der Waals surface area contributed by atoms with Crippen molar-refractivity contribution in [1.82, 2.24) is 0 Å². The summed E-state index contributed by atoms with van der Waals surface area (Å²) in [4.78, 5) is 10.5. The van der Waals surface area contributed by atoms with Gasteiger partial charge in [0.25, 0.3) is 0 Å². The van der Waals surface area contributed by atoms with E-state index in [4.69, 9.17) is 5.11 Å². The van der Waals surface area contributed by atoms with Gasteiger partial charge in [0.2, 0.25) is 0 Å². The lowest BCUT2D eigenvalue weighted by atomic mass is 10.2. The minimum Gasteiger partial charge on any atom is -0.479 e. The number of carboxylic acid groups (broad SMARTS) is 1. The number of hydrogen-bond donors (Lipinski definition) is 1. The van der Waals surface area contributed by atoms with Gasteiger partial charge < -0.3 is 5.11 Å². The van der Waals surface area contributed by atoms with Gasteiger partial charge in [0.15, 0.2) is 6.10 Å². The molecule has 0 saturated heterocycles. The molecular weight excluding hydrogens is 253 g/mol. The number of aliphatic carboxylic acids is 1. The van der Waals surface area contributed by atoms with Crippen LogP contribution in [0.3, 0.4) is 0 Å². The Hall–Kier alpha value is -0.830. The third kappa shape index (κ3) is 3.34. The first-order chi connectivity index (χ1) is 7.13. The van der Waals surface area contributed by atoms with Crippen molar-refractivity contribution >= 4 is 16.1 Å². The first-order valence-electron chi connectivity index (χ1n) is 4.36. The Morgan fingerprint density at radius 3 is 2.25 bits per heavy atom. The molecule has 0 unspecified atom stereocenters. The number of carbonyl (C=O) groups is 1. The fraction of sp³-hybridized carbons (Fsp3) is 0.857. The van der Waals surface area contributed by atoms with E-state index in [0.717, 1.165) is 0 Å². The van der Waals surface area contributed by atoms with Crippen LogP contribution in [0, 0.1) is 5.92 Å². The highest BCUT2D eigenvalue weighted by molar-refractivity contribution is 7.87. The lowest BCUT2D eigenvalue weighted by Crippen LogP contribution is -2.34. The number of rotatable bonds is 5. The highest BCUT2D eigenvalue weighted by Gasteiger charge is 2.50. The quantitative estimate of drug-likeness (QED) is 0.593. The topological polar surface area (TPSA) is 80.7 Å². The van der Waals surface area contributed by atoms with Gasteiger partial charge in [0, 0.05) is 0 Å². The van der Waals surface area contributed by atoms with Crippen molar-refractivity contribution in [3.8, 4) is 0 Å². The summed E-state index contributed by atoms with van der Waals surface area (Å²) in [7, 11) is -5.84. The highest BCUT2D eigenvalue weighted by Crippen LogP contribution is 2.35. The summed E-state index contributed by atoms with van der Waals surface area (Å²) >= 11 is 0. The molecule has 1 atom stereocenters. The Kier molecular flexibility index (Phi) is 3.48. The molecule has 1 rings (SSSR count). The van der Waals surface area contributed by atoms with Crippen LogP contribution in [0.2, 0.25) is 0 Å². The summed E-state index contributed by atoms with van der Waals surface area (Å²) in [5.41, 5.74) is -5.59. The second-order valence-electron chi connectivity index (χ2n) is 3.50. The Labute approximate surface area is 89.3 Å². The zero-order chi connectivity index (χ0) is 12.6. The summed E-state index contributed by atoms with van der Waals surface area (Å²) in [6, 6.07) is 0. The molecule has 0 spiro atoms. The number of alkyl halides is 3. The Morgan fingerprint density at radius 1 is 1.44 bits per heavy atom. The highest BCUT2D eigenvalue weighted by atomic mass is 32.2. The van der Waals surface area contributed by atoms with E-state index in [2.05, 4.69) is 4.18 Å². The first-order valence-corrected chi connectivity index (χ1v) is 5.76. The van der Waals surface area contributed by atoms with E-state index in [1.807, 2.05) is 0 Å². The predicted octanol–water partition coefficient (Wildman–Crippen LogP) is 1.11. The molecule has 0 aliphatic heterocycles. The van der Waals surface area contributed by atoms with Crippen LogP contribution in [0.4, 0.5) is 13.2 Å². The molecule has 0 amide bonds. The van der Waals surface area contributed by atoms with Gasteiger partial charge in [-0.3, -0.25) is 0 Å². The summed E-state index contributed by atoms with van der Waals surface area (Å²) < 4.78 is 60.5. The van der Waals surface area contributed by atoms with Gasteiger partial charge in [0.05, 0.1) is 0 Å². The van der Waals surface area contributed by atoms with Gasteiger partial charge in [0.1, 0.15) is 0 Å². The van der Waals surface area contributed by atoms with Crippen LogP contribution in [0.25, 0.3) is 0 Å². The molecule has 0 aromatic heterocycles. The van der Waals surface area contributed by atoms with Crippen LogP contribution in [0.1, 0.15) is 19.3 Å². The average Bonchev–Trinajstić information content (AvgIpc) is 2.84. The lowest BCUT2D eigenvalue weighted by molar-refractivity contribution is -0.146. The monoisotopic (exact) mass is 262 g/mol. The Balaban J connectivity index is 2.71. The van der Waals surface area contributed by atoms with E-state index < -0.39 is 27.7 Å². The van der Waals surface area contributed by atoms with Crippen molar-refractivity contribution in [3.63, 3.8) is 0 Å². The van der Waals surface area contributed by atoms with Crippen molar-refractivity contribution in [2.45, 2.75) is 30.9 Å². The molecule has 0 radical (unpaired) electrons. The number of hydrogen-bond acceptors (Lipinski definition) is 4. The van der Waals surface area contributed by atoms with E-state index in [1.165, 1.54) is 0 Å². The maximum atomic E-state index is 11.9. The van der Waals surface area contributed by atoms with Crippen molar-refractivity contribution in [2.24, 2.45) is 5.92 Å². The first kappa shape index (κ1) is 13.2. The fourth-order valence-corrected chi connectivity index (χ4v) is 1.62. The molecule has 1 fully saturated rings. The molecule has 16 heavy (non-hydrogen) atoms. The third-order valence-electron chi connectivity index (χ3n) is 2.05. The van der Waals surface area contributed by atoms with Crippen LogP contribution in [-0.4, -0.2) is 31.1 Å². The molecule has 9 heteroatoms. The van der Waals surface area contributed by atoms with Crippen molar-refractivity contribution in [3.05, 3.63) is 0 Å². The summed E-state index contributed by atoms with van der Waals surface area (Å²) in [6.45, 7) is 0. The normalized spacial score (nSPS) is 19.4. The van der Waals surface area contributed by atoms with Crippen LogP contribution in [-0.2, 0) is 19.1 Å². The molecule has 1 aliphatic carbocycles. The molecule has 0 bridgehead atoms.